The van der Waals surface area contributed by atoms with Crippen LogP contribution in [0, 0.1) is 5.41 Å². The summed E-state index contributed by atoms with van der Waals surface area (Å²) in [7, 11) is 0. The van der Waals surface area contributed by atoms with Crippen LogP contribution in [0.2, 0.25) is 0 Å². The van der Waals surface area contributed by atoms with Gasteiger partial charge >= 0.3 is 5.97 Å². The van der Waals surface area contributed by atoms with Gasteiger partial charge in [0.05, 0.1) is 6.61 Å². The van der Waals surface area contributed by atoms with E-state index >= 15 is 0 Å². The van der Waals surface area contributed by atoms with Crippen LogP contribution in [0.25, 0.3) is 0 Å². The second-order valence-electron chi connectivity index (χ2n) is 4.05. The van der Waals surface area contributed by atoms with Crippen LogP contribution in [0.5, 0.6) is 0 Å². The number of ether oxygens (including phenoxy) is 1. The van der Waals surface area contributed by atoms with Gasteiger partial charge in [-0.15, -0.1) is 0 Å². The van der Waals surface area contributed by atoms with Crippen LogP contribution in [0.15, 0.2) is 22.7 Å². The molecule has 0 spiro atoms. The molecule has 2 rings (SSSR count). The molecule has 4 heteroatoms. The molecule has 1 unspecified atom stereocenters. The molecule has 0 radical (unpaired) electrons. The molecule has 0 aromatic heterocycles. The van der Waals surface area contributed by atoms with E-state index in [4.69, 9.17) is 10.1 Å². The van der Waals surface area contributed by atoms with Gasteiger partial charge in [-0.05, 0) is 43.0 Å². The van der Waals surface area contributed by atoms with Gasteiger partial charge in [-0.25, -0.2) is 0 Å². The second-order valence-corrected chi connectivity index (χ2v) is 4.97. The van der Waals surface area contributed by atoms with Crippen molar-refractivity contribution in [3.05, 3.63) is 33.8 Å². The number of carbonyl (C=O) groups excluding carboxylic acids is 1. The molecule has 1 aromatic rings. The lowest BCUT2D eigenvalue weighted by Crippen LogP contribution is -2.28. The lowest BCUT2D eigenvalue weighted by molar-refractivity contribution is -0.143. The number of carbonyl (C=O) groups is 1. The van der Waals surface area contributed by atoms with Crippen LogP contribution in [-0.4, -0.2) is 18.3 Å². The number of halogens is 1. The van der Waals surface area contributed by atoms with E-state index in [-0.39, 0.29) is 5.97 Å². The molecule has 0 saturated carbocycles. The van der Waals surface area contributed by atoms with Crippen LogP contribution >= 0.6 is 15.9 Å². The number of hydrogen-bond acceptors (Lipinski definition) is 3. The molecule has 3 nitrogen and oxygen atoms in total. The smallest absolute Gasteiger partial charge is 0.319 e. The fourth-order valence-electron chi connectivity index (χ4n) is 2.17. The largest absolute Gasteiger partial charge is 0.465 e. The Morgan fingerprint density at radius 3 is 3.00 bits per heavy atom. The molecular formula is C13H14BrNO2. The molecule has 90 valence electrons. The minimum Gasteiger partial charge on any atom is -0.465 e. The summed E-state index contributed by atoms with van der Waals surface area (Å²) in [5, 5.41) is 7.93. The van der Waals surface area contributed by atoms with Gasteiger partial charge in [-0.1, -0.05) is 22.0 Å². The van der Waals surface area contributed by atoms with Crippen molar-refractivity contribution in [1.29, 1.82) is 5.41 Å². The van der Waals surface area contributed by atoms with Crippen molar-refractivity contribution in [3.63, 3.8) is 0 Å². The van der Waals surface area contributed by atoms with Gasteiger partial charge in [0.25, 0.3) is 0 Å². The molecule has 0 amide bonds. The summed E-state index contributed by atoms with van der Waals surface area (Å²) in [4.78, 5) is 11.9. The van der Waals surface area contributed by atoms with Gasteiger partial charge in [0.15, 0.2) is 0 Å². The molecule has 0 fully saturated rings. The molecular weight excluding hydrogens is 282 g/mol. The fraction of sp³-hybridized carbons (Fsp3) is 0.385. The maximum Gasteiger partial charge on any atom is 0.319 e. The normalized spacial score (nSPS) is 18.7. The Hall–Kier alpha value is -1.16. The van der Waals surface area contributed by atoms with Gasteiger partial charge in [0.1, 0.15) is 5.92 Å². The number of rotatable bonds is 2. The Kier molecular flexibility index (Phi) is 3.62. The fourth-order valence-corrected chi connectivity index (χ4v) is 2.58. The van der Waals surface area contributed by atoms with Crippen molar-refractivity contribution < 1.29 is 9.53 Å². The molecule has 0 heterocycles. The minimum atomic E-state index is -0.508. The van der Waals surface area contributed by atoms with Gasteiger partial charge in [0, 0.05) is 10.2 Å². The Balaban J connectivity index is 2.40. The zero-order valence-corrected chi connectivity index (χ0v) is 11.2. The first-order chi connectivity index (χ1) is 8.13. The molecule has 1 aromatic carbocycles. The molecule has 0 bridgehead atoms. The molecule has 1 N–H and O–H groups in total. The number of fused-ring (bicyclic) bond motifs is 1. The van der Waals surface area contributed by atoms with Crippen LogP contribution in [0.4, 0.5) is 0 Å². The molecule has 0 aliphatic heterocycles. The molecule has 1 aliphatic carbocycles. The highest BCUT2D eigenvalue weighted by Gasteiger charge is 2.31. The van der Waals surface area contributed by atoms with Gasteiger partial charge in [0.2, 0.25) is 0 Å². The number of hydrogen-bond donors (Lipinski definition) is 1. The van der Waals surface area contributed by atoms with Crippen LogP contribution < -0.4 is 0 Å². The van der Waals surface area contributed by atoms with E-state index in [1.807, 2.05) is 18.2 Å². The summed E-state index contributed by atoms with van der Waals surface area (Å²) in [5.41, 5.74) is 2.51. The summed E-state index contributed by atoms with van der Waals surface area (Å²) in [5.74, 6) is -0.812. The van der Waals surface area contributed by atoms with E-state index in [1.54, 1.807) is 6.92 Å². The standard InChI is InChI=1S/C13H14BrNO2/c1-2-17-13(16)12-10-5-4-9(14)7-8(10)3-6-11(12)15/h4-5,7,12,15H,2-3,6H2,1H3. The van der Waals surface area contributed by atoms with Crippen molar-refractivity contribution in [3.8, 4) is 0 Å². The van der Waals surface area contributed by atoms with Crippen molar-refractivity contribution in [2.75, 3.05) is 6.61 Å². The zero-order valence-electron chi connectivity index (χ0n) is 9.63. The molecule has 17 heavy (non-hydrogen) atoms. The summed E-state index contributed by atoms with van der Waals surface area (Å²) < 4.78 is 6.05. The number of nitrogens with one attached hydrogen (secondary N) is 1. The number of aryl methyl sites for hydroxylation is 1. The maximum atomic E-state index is 11.9. The van der Waals surface area contributed by atoms with E-state index in [1.165, 1.54) is 0 Å². The van der Waals surface area contributed by atoms with E-state index in [0.717, 1.165) is 22.0 Å². The Labute approximate surface area is 109 Å². The van der Waals surface area contributed by atoms with Crippen molar-refractivity contribution >= 4 is 27.6 Å². The monoisotopic (exact) mass is 295 g/mol. The number of esters is 1. The SMILES string of the molecule is CCOC(=O)C1C(=N)CCc2cc(Br)ccc21. The first-order valence-corrected chi connectivity index (χ1v) is 6.45. The Morgan fingerprint density at radius 2 is 2.29 bits per heavy atom. The zero-order chi connectivity index (χ0) is 12.4. The Morgan fingerprint density at radius 1 is 1.53 bits per heavy atom. The highest BCUT2D eigenvalue weighted by atomic mass is 79.9. The molecule has 0 saturated heterocycles. The highest BCUT2D eigenvalue weighted by molar-refractivity contribution is 9.10. The van der Waals surface area contributed by atoms with Crippen LogP contribution in [0.3, 0.4) is 0 Å². The van der Waals surface area contributed by atoms with Crippen molar-refractivity contribution in [2.24, 2.45) is 0 Å². The quantitative estimate of drug-likeness (QED) is 0.853. The predicted molar refractivity (Wildman–Crippen MR) is 69.6 cm³/mol. The average Bonchev–Trinajstić information content (AvgIpc) is 2.29. The second kappa shape index (κ2) is 5.00. The number of benzene rings is 1. The maximum absolute atomic E-state index is 11.9. The van der Waals surface area contributed by atoms with E-state index < -0.39 is 5.92 Å². The van der Waals surface area contributed by atoms with Gasteiger partial charge in [-0.2, -0.15) is 0 Å². The van der Waals surface area contributed by atoms with E-state index in [9.17, 15) is 4.79 Å². The van der Waals surface area contributed by atoms with E-state index in [2.05, 4.69) is 15.9 Å². The summed E-state index contributed by atoms with van der Waals surface area (Å²) in [6, 6.07) is 5.84. The van der Waals surface area contributed by atoms with Gasteiger partial charge in [-0.3, -0.25) is 4.79 Å². The van der Waals surface area contributed by atoms with E-state index in [0.29, 0.717) is 18.7 Å². The first-order valence-electron chi connectivity index (χ1n) is 5.65. The van der Waals surface area contributed by atoms with Crippen molar-refractivity contribution in [1.82, 2.24) is 0 Å². The molecule has 1 aliphatic rings. The highest BCUT2D eigenvalue weighted by Crippen LogP contribution is 2.32. The third-order valence-corrected chi connectivity index (χ3v) is 3.44. The third-order valence-electron chi connectivity index (χ3n) is 2.95. The summed E-state index contributed by atoms with van der Waals surface area (Å²) >= 11 is 3.42. The van der Waals surface area contributed by atoms with Crippen molar-refractivity contribution in [2.45, 2.75) is 25.7 Å². The third kappa shape index (κ3) is 2.41. The lowest BCUT2D eigenvalue weighted by atomic mass is 9.81. The minimum absolute atomic E-state index is 0.305. The predicted octanol–water partition coefficient (Wildman–Crippen LogP) is 3.06. The Bertz CT molecular complexity index is 470. The van der Waals surface area contributed by atoms with Crippen LogP contribution in [-0.2, 0) is 16.0 Å². The average molecular weight is 296 g/mol. The summed E-state index contributed by atoms with van der Waals surface area (Å²) in [6.07, 6.45) is 1.45. The topological polar surface area (TPSA) is 50.2 Å². The molecule has 1 atom stereocenters. The summed E-state index contributed by atoms with van der Waals surface area (Å²) in [6.45, 7) is 2.14. The lowest BCUT2D eigenvalue weighted by Gasteiger charge is -2.25. The van der Waals surface area contributed by atoms with Gasteiger partial charge < -0.3 is 10.1 Å². The van der Waals surface area contributed by atoms with Crippen LogP contribution in [0.1, 0.15) is 30.4 Å². The first kappa shape index (κ1) is 12.3.